The molecule has 0 aliphatic heterocycles. The lowest BCUT2D eigenvalue weighted by molar-refractivity contribution is -0.0605. The normalized spacial score (nSPS) is 12.7. The summed E-state index contributed by atoms with van der Waals surface area (Å²) in [7, 11) is -3.52. The Balaban J connectivity index is 1.97. The lowest BCUT2D eigenvalue weighted by Crippen LogP contribution is -2.24. The van der Waals surface area contributed by atoms with Crippen molar-refractivity contribution < 1.29 is 30.4 Å². The fourth-order valence-electron chi connectivity index (χ4n) is 3.05. The van der Waals surface area contributed by atoms with Crippen LogP contribution >= 0.6 is 11.3 Å². The SMILES string of the molecule is Cc1cc(-c2ccc(C(CC(=N)C(F)(F)F)=NCc3ccc(F)cc3F)s2)cnc1S(C)(=O)=O. The molecule has 0 saturated heterocycles. The van der Waals surface area contributed by atoms with Crippen molar-refractivity contribution in [2.24, 2.45) is 4.99 Å². The maximum Gasteiger partial charge on any atom is 0.429 e. The molecule has 2 heterocycles. The molecule has 0 unspecified atom stereocenters. The van der Waals surface area contributed by atoms with Crippen molar-refractivity contribution in [3.8, 4) is 10.4 Å². The fourth-order valence-corrected chi connectivity index (χ4v) is 4.93. The van der Waals surface area contributed by atoms with Gasteiger partial charge in [-0.25, -0.2) is 22.2 Å². The average Bonchev–Trinajstić information content (AvgIpc) is 3.20. The van der Waals surface area contributed by atoms with E-state index >= 15 is 0 Å². The highest BCUT2D eigenvalue weighted by Crippen LogP contribution is 2.31. The molecule has 1 N–H and O–H groups in total. The molecular weight excluding hydrogens is 497 g/mol. The van der Waals surface area contributed by atoms with E-state index in [0.29, 0.717) is 26.9 Å². The third-order valence-corrected chi connectivity index (χ3v) is 7.01. The number of nitrogens with zero attached hydrogens (tertiary/aromatic N) is 2. The Morgan fingerprint density at radius 1 is 1.15 bits per heavy atom. The van der Waals surface area contributed by atoms with Gasteiger partial charge in [-0.2, -0.15) is 13.2 Å². The molecule has 0 bridgehead atoms. The van der Waals surface area contributed by atoms with Crippen LogP contribution in [0.25, 0.3) is 10.4 Å². The van der Waals surface area contributed by atoms with E-state index in [0.717, 1.165) is 29.7 Å². The minimum atomic E-state index is -4.86. The number of pyridine rings is 1. The number of nitrogens with one attached hydrogen (secondary N) is 1. The summed E-state index contributed by atoms with van der Waals surface area (Å²) in [4.78, 5) is 9.00. The smallest absolute Gasteiger partial charge is 0.300 e. The maximum absolute atomic E-state index is 14.0. The van der Waals surface area contributed by atoms with Crippen LogP contribution in [0.4, 0.5) is 22.0 Å². The van der Waals surface area contributed by atoms with E-state index < -0.39 is 39.8 Å². The van der Waals surface area contributed by atoms with Crippen LogP contribution in [0.3, 0.4) is 0 Å². The molecule has 0 radical (unpaired) electrons. The molecule has 5 nitrogen and oxygen atoms in total. The second-order valence-corrected chi connectivity index (χ2v) is 10.4. The van der Waals surface area contributed by atoms with Crippen LogP contribution < -0.4 is 0 Å². The van der Waals surface area contributed by atoms with Crippen molar-refractivity contribution in [3.63, 3.8) is 0 Å². The molecule has 2 aromatic heterocycles. The summed E-state index contributed by atoms with van der Waals surface area (Å²) in [5.41, 5.74) is -0.647. The molecular formula is C22H18F5N3O2S2. The molecule has 0 aliphatic carbocycles. The van der Waals surface area contributed by atoms with E-state index in [9.17, 15) is 30.4 Å². The van der Waals surface area contributed by atoms with Crippen LogP contribution in [-0.4, -0.2) is 37.3 Å². The molecule has 0 saturated carbocycles. The minimum Gasteiger partial charge on any atom is -0.300 e. The highest BCUT2D eigenvalue weighted by molar-refractivity contribution is 7.90. The molecule has 180 valence electrons. The number of alkyl halides is 3. The number of aryl methyl sites for hydroxylation is 1. The van der Waals surface area contributed by atoms with Gasteiger partial charge in [-0.3, -0.25) is 4.99 Å². The Hall–Kier alpha value is -2.99. The van der Waals surface area contributed by atoms with Crippen molar-refractivity contribution in [1.29, 1.82) is 5.41 Å². The second-order valence-electron chi connectivity index (χ2n) is 7.43. The topological polar surface area (TPSA) is 83.2 Å². The monoisotopic (exact) mass is 515 g/mol. The van der Waals surface area contributed by atoms with Crippen molar-refractivity contribution in [2.75, 3.05) is 6.26 Å². The van der Waals surface area contributed by atoms with Gasteiger partial charge in [-0.05, 0) is 36.8 Å². The molecule has 3 rings (SSSR count). The van der Waals surface area contributed by atoms with Gasteiger partial charge in [0.15, 0.2) is 14.9 Å². The van der Waals surface area contributed by atoms with Gasteiger partial charge in [0.1, 0.15) is 17.3 Å². The zero-order valence-corrected chi connectivity index (χ0v) is 19.5. The predicted molar refractivity (Wildman–Crippen MR) is 120 cm³/mol. The first-order valence-electron chi connectivity index (χ1n) is 9.65. The largest absolute Gasteiger partial charge is 0.429 e. The Labute approximate surface area is 196 Å². The van der Waals surface area contributed by atoms with Crippen LogP contribution in [0, 0.1) is 24.0 Å². The highest BCUT2D eigenvalue weighted by atomic mass is 32.2. The Morgan fingerprint density at radius 3 is 2.44 bits per heavy atom. The molecule has 12 heteroatoms. The first-order valence-corrected chi connectivity index (χ1v) is 12.4. The molecule has 1 aromatic carbocycles. The van der Waals surface area contributed by atoms with Crippen molar-refractivity contribution in [3.05, 3.63) is 70.2 Å². The Kier molecular flexibility index (Phi) is 7.32. The van der Waals surface area contributed by atoms with Crippen molar-refractivity contribution in [1.82, 2.24) is 4.98 Å². The number of aromatic nitrogens is 1. The summed E-state index contributed by atoms with van der Waals surface area (Å²) in [5, 5.41) is 7.29. The van der Waals surface area contributed by atoms with Crippen LogP contribution in [0.15, 0.2) is 52.6 Å². The van der Waals surface area contributed by atoms with Crippen molar-refractivity contribution >= 4 is 32.6 Å². The number of thiophene rings is 1. The van der Waals surface area contributed by atoms with Gasteiger partial charge in [0, 0.05) is 45.8 Å². The van der Waals surface area contributed by atoms with E-state index in [2.05, 4.69) is 9.98 Å². The van der Waals surface area contributed by atoms with Gasteiger partial charge in [0.05, 0.1) is 12.3 Å². The number of sulfone groups is 1. The quantitative estimate of drug-likeness (QED) is 0.321. The maximum atomic E-state index is 14.0. The van der Waals surface area contributed by atoms with Crippen LogP contribution in [-0.2, 0) is 16.4 Å². The highest BCUT2D eigenvalue weighted by Gasteiger charge is 2.35. The molecule has 0 spiro atoms. The predicted octanol–water partition coefficient (Wildman–Crippen LogP) is 5.76. The summed E-state index contributed by atoms with van der Waals surface area (Å²) in [6.07, 6.45) is -3.31. The number of halogens is 5. The van der Waals surface area contributed by atoms with E-state index in [1.807, 2.05) is 0 Å². The third kappa shape index (κ3) is 6.11. The summed E-state index contributed by atoms with van der Waals surface area (Å²) in [6, 6.07) is 7.55. The van der Waals surface area contributed by atoms with E-state index in [1.165, 1.54) is 12.3 Å². The van der Waals surface area contributed by atoms with Crippen LogP contribution in [0.5, 0.6) is 0 Å². The summed E-state index contributed by atoms with van der Waals surface area (Å²) < 4.78 is 89.7. The third-order valence-electron chi connectivity index (χ3n) is 4.70. The summed E-state index contributed by atoms with van der Waals surface area (Å²) in [6.45, 7) is 1.24. The number of hydrogen-bond donors (Lipinski definition) is 1. The van der Waals surface area contributed by atoms with Gasteiger partial charge >= 0.3 is 6.18 Å². The van der Waals surface area contributed by atoms with Gasteiger partial charge in [-0.1, -0.05) is 6.07 Å². The lowest BCUT2D eigenvalue weighted by Gasteiger charge is -2.10. The average molecular weight is 516 g/mol. The minimum absolute atomic E-state index is 0.00888. The van der Waals surface area contributed by atoms with Gasteiger partial charge < -0.3 is 5.41 Å². The number of aliphatic imine (C=N–C) groups is 1. The number of benzene rings is 1. The number of rotatable bonds is 7. The van der Waals surface area contributed by atoms with Crippen LogP contribution in [0.2, 0.25) is 0 Å². The van der Waals surface area contributed by atoms with E-state index in [4.69, 9.17) is 5.41 Å². The molecule has 34 heavy (non-hydrogen) atoms. The van der Waals surface area contributed by atoms with Crippen molar-refractivity contribution in [2.45, 2.75) is 31.1 Å². The van der Waals surface area contributed by atoms with Gasteiger partial charge in [0.2, 0.25) is 0 Å². The molecule has 3 aromatic rings. The zero-order chi connectivity index (χ0) is 25.3. The van der Waals surface area contributed by atoms with E-state index in [1.54, 1.807) is 19.1 Å². The first-order chi connectivity index (χ1) is 15.8. The zero-order valence-electron chi connectivity index (χ0n) is 17.9. The van der Waals surface area contributed by atoms with Gasteiger partial charge in [0.25, 0.3) is 0 Å². The second kappa shape index (κ2) is 9.71. The molecule has 0 atom stereocenters. The summed E-state index contributed by atoms with van der Waals surface area (Å²) in [5.74, 6) is -1.67. The van der Waals surface area contributed by atoms with E-state index in [-0.39, 0.29) is 22.8 Å². The number of hydrogen-bond acceptors (Lipinski definition) is 6. The van der Waals surface area contributed by atoms with Crippen LogP contribution in [0.1, 0.15) is 22.4 Å². The molecule has 0 amide bonds. The molecule has 0 fully saturated rings. The summed E-state index contributed by atoms with van der Waals surface area (Å²) >= 11 is 1.07. The van der Waals surface area contributed by atoms with Gasteiger partial charge in [-0.15, -0.1) is 11.3 Å². The standard InChI is InChI=1S/C22H18F5N3O2S2/c1-12-7-14(11-30-21(12)34(2,31)32)18-5-6-19(33-18)17(9-20(28)22(25,26)27)29-10-13-3-4-15(23)8-16(13)24/h3-8,11,28H,9-10H2,1-2H3. The molecule has 0 aliphatic rings. The Bertz CT molecular complexity index is 1380. The fraction of sp³-hybridized carbons (Fsp3) is 0.227. The lowest BCUT2D eigenvalue weighted by atomic mass is 10.1. The Morgan fingerprint density at radius 2 is 1.85 bits per heavy atom. The first kappa shape index (κ1) is 25.6.